The van der Waals surface area contributed by atoms with E-state index in [1.54, 1.807) is 6.20 Å². The van der Waals surface area contributed by atoms with Crippen molar-refractivity contribution in [3.05, 3.63) is 65.5 Å². The minimum Gasteiger partial charge on any atom is -0.490 e. The number of nitrogens with zero attached hydrogens (tertiary/aromatic N) is 4. The number of ether oxygens (including phenoxy) is 1. The summed E-state index contributed by atoms with van der Waals surface area (Å²) in [7, 11) is 0. The number of oxime groups is 1. The van der Waals surface area contributed by atoms with Gasteiger partial charge < -0.3 is 9.57 Å². The highest BCUT2D eigenvalue weighted by molar-refractivity contribution is 6.04. The number of benzene rings is 1. The summed E-state index contributed by atoms with van der Waals surface area (Å²) in [6, 6.07) is 14.4. The molecule has 2 unspecified atom stereocenters. The van der Waals surface area contributed by atoms with Crippen molar-refractivity contribution < 1.29 is 9.57 Å². The van der Waals surface area contributed by atoms with Gasteiger partial charge in [-0.2, -0.15) is 0 Å². The van der Waals surface area contributed by atoms with Gasteiger partial charge in [0.2, 0.25) is 0 Å². The molecule has 0 aliphatic carbocycles. The highest BCUT2D eigenvalue weighted by atomic mass is 16.6. The predicted molar refractivity (Wildman–Crippen MR) is 118 cm³/mol. The Labute approximate surface area is 177 Å². The third kappa shape index (κ3) is 4.11. The second kappa shape index (κ2) is 8.58. The van der Waals surface area contributed by atoms with Gasteiger partial charge in [-0.25, -0.2) is 0 Å². The molecule has 2 atom stereocenters. The van der Waals surface area contributed by atoms with Crippen LogP contribution < -0.4 is 4.74 Å². The second-order valence-corrected chi connectivity index (χ2v) is 8.37. The summed E-state index contributed by atoms with van der Waals surface area (Å²) >= 11 is 0. The zero-order valence-corrected chi connectivity index (χ0v) is 17.4. The lowest BCUT2D eigenvalue weighted by Gasteiger charge is -2.36. The van der Waals surface area contributed by atoms with Gasteiger partial charge in [0, 0.05) is 45.5 Å². The first-order valence-electron chi connectivity index (χ1n) is 10.7. The van der Waals surface area contributed by atoms with E-state index >= 15 is 0 Å². The fourth-order valence-corrected chi connectivity index (χ4v) is 4.50. The van der Waals surface area contributed by atoms with Crippen LogP contribution >= 0.6 is 0 Å². The quantitative estimate of drug-likeness (QED) is 0.767. The summed E-state index contributed by atoms with van der Waals surface area (Å²) in [5, 5.41) is 4.37. The van der Waals surface area contributed by atoms with Gasteiger partial charge >= 0.3 is 0 Å². The van der Waals surface area contributed by atoms with Gasteiger partial charge in [0.05, 0.1) is 5.92 Å². The van der Waals surface area contributed by atoms with Crippen molar-refractivity contribution in [2.75, 3.05) is 45.9 Å². The molecule has 6 nitrogen and oxygen atoms in total. The molecule has 0 saturated carbocycles. The average molecular weight is 405 g/mol. The molecular formula is C24H28N4O2. The molecule has 0 bridgehead atoms. The number of pyridine rings is 1. The minimum atomic E-state index is 0.0430. The van der Waals surface area contributed by atoms with E-state index in [1.165, 1.54) is 11.1 Å². The molecule has 3 aliphatic rings. The Morgan fingerprint density at radius 3 is 2.70 bits per heavy atom. The lowest BCUT2D eigenvalue weighted by atomic mass is 9.93. The Kier molecular flexibility index (Phi) is 5.51. The van der Waals surface area contributed by atoms with Crippen LogP contribution in [0.25, 0.3) is 6.08 Å². The molecule has 1 fully saturated rings. The first-order chi connectivity index (χ1) is 14.8. The van der Waals surface area contributed by atoms with Crippen molar-refractivity contribution in [3.8, 4) is 5.75 Å². The Balaban J connectivity index is 1.12. The largest absolute Gasteiger partial charge is 0.490 e. The van der Waals surface area contributed by atoms with Crippen LogP contribution in [0.4, 0.5) is 0 Å². The summed E-state index contributed by atoms with van der Waals surface area (Å²) in [4.78, 5) is 15.3. The maximum absolute atomic E-state index is 5.91. The molecule has 1 saturated heterocycles. The van der Waals surface area contributed by atoms with Crippen molar-refractivity contribution in [1.82, 2.24) is 14.8 Å². The molecule has 1 aromatic heterocycles. The maximum Gasteiger partial charge on any atom is 0.151 e. The summed E-state index contributed by atoms with van der Waals surface area (Å²) < 4.78 is 5.91. The number of hydrogen-bond donors (Lipinski definition) is 0. The van der Waals surface area contributed by atoms with Crippen LogP contribution in [0.1, 0.15) is 18.2 Å². The van der Waals surface area contributed by atoms with Gasteiger partial charge in [-0.05, 0) is 24.6 Å². The van der Waals surface area contributed by atoms with Crippen molar-refractivity contribution >= 4 is 11.8 Å². The molecule has 0 spiro atoms. The number of rotatable bonds is 5. The number of piperazine rings is 1. The smallest absolute Gasteiger partial charge is 0.151 e. The zero-order chi connectivity index (χ0) is 20.3. The molecule has 6 heteroatoms. The topological polar surface area (TPSA) is 50.2 Å². The maximum atomic E-state index is 5.91. The van der Waals surface area contributed by atoms with Gasteiger partial charge in [-0.3, -0.25) is 14.8 Å². The molecule has 4 heterocycles. The van der Waals surface area contributed by atoms with Gasteiger partial charge in [-0.1, -0.05) is 47.1 Å². The van der Waals surface area contributed by atoms with Gasteiger partial charge in [0.15, 0.2) is 6.10 Å². The number of hydrogen-bond acceptors (Lipinski definition) is 6. The second-order valence-electron chi connectivity index (χ2n) is 8.37. The predicted octanol–water partition coefficient (Wildman–Crippen LogP) is 2.91. The van der Waals surface area contributed by atoms with Crippen LogP contribution in [0.3, 0.4) is 0 Å². The summed E-state index contributed by atoms with van der Waals surface area (Å²) in [6.07, 6.45) is 4.11. The van der Waals surface area contributed by atoms with E-state index in [2.05, 4.69) is 63.3 Å². The Bertz CT molecular complexity index is 935. The van der Waals surface area contributed by atoms with Gasteiger partial charge in [-0.15, -0.1) is 0 Å². The van der Waals surface area contributed by atoms with Crippen LogP contribution in [0.2, 0.25) is 0 Å². The monoisotopic (exact) mass is 404 g/mol. The van der Waals surface area contributed by atoms with E-state index in [-0.39, 0.29) is 12.0 Å². The Morgan fingerprint density at radius 1 is 1.07 bits per heavy atom. The first-order valence-corrected chi connectivity index (χ1v) is 10.7. The molecular weight excluding hydrogens is 376 g/mol. The molecule has 30 heavy (non-hydrogen) atoms. The molecule has 1 aromatic carbocycles. The first kappa shape index (κ1) is 19.3. The fraction of sp³-hybridized carbons (Fsp3) is 0.417. The van der Waals surface area contributed by atoms with Crippen molar-refractivity contribution in [2.45, 2.75) is 13.0 Å². The van der Waals surface area contributed by atoms with E-state index in [9.17, 15) is 0 Å². The summed E-state index contributed by atoms with van der Waals surface area (Å²) in [5.41, 5.74) is 4.45. The van der Waals surface area contributed by atoms with Gasteiger partial charge in [0.25, 0.3) is 0 Å². The normalized spacial score (nSPS) is 24.4. The molecule has 156 valence electrons. The standard InChI is InChI=1S/C24H28N4O2/c1-18(14-19-6-3-2-4-7-19)15-27-10-12-28(13-11-27)16-22-20-17-29-21-8-5-9-25-24(21)23(20)26-30-22/h2-9,14,20,22H,10-13,15-17H2,1H3/b18-14+. The summed E-state index contributed by atoms with van der Waals surface area (Å²) in [6.45, 7) is 9.00. The van der Waals surface area contributed by atoms with Crippen LogP contribution in [0, 0.1) is 5.92 Å². The van der Waals surface area contributed by atoms with E-state index in [0.717, 1.165) is 56.4 Å². The molecule has 3 aliphatic heterocycles. The number of aromatic nitrogens is 1. The Morgan fingerprint density at radius 2 is 1.87 bits per heavy atom. The molecule has 5 rings (SSSR count). The summed E-state index contributed by atoms with van der Waals surface area (Å²) in [5.74, 6) is 0.978. The molecule has 2 aromatic rings. The van der Waals surface area contributed by atoms with Crippen LogP contribution in [-0.4, -0.2) is 72.5 Å². The third-order valence-corrected chi connectivity index (χ3v) is 6.11. The minimum absolute atomic E-state index is 0.0430. The van der Waals surface area contributed by atoms with Crippen LogP contribution in [-0.2, 0) is 4.84 Å². The lowest BCUT2D eigenvalue weighted by Crippen LogP contribution is -2.50. The van der Waals surface area contributed by atoms with Crippen LogP contribution in [0.15, 0.2) is 59.4 Å². The molecule has 0 amide bonds. The lowest BCUT2D eigenvalue weighted by molar-refractivity contribution is 0.0101. The van der Waals surface area contributed by atoms with Crippen molar-refractivity contribution in [3.63, 3.8) is 0 Å². The number of fused-ring (bicyclic) bond motifs is 3. The highest BCUT2D eigenvalue weighted by Crippen LogP contribution is 2.32. The zero-order valence-electron chi connectivity index (χ0n) is 17.4. The third-order valence-electron chi connectivity index (χ3n) is 6.11. The molecule has 0 radical (unpaired) electrons. The van der Waals surface area contributed by atoms with E-state index in [1.807, 2.05) is 12.1 Å². The Hall–Kier alpha value is -2.70. The molecule has 0 N–H and O–H groups in total. The van der Waals surface area contributed by atoms with Crippen molar-refractivity contribution in [1.29, 1.82) is 0 Å². The highest BCUT2D eigenvalue weighted by Gasteiger charge is 2.41. The van der Waals surface area contributed by atoms with E-state index < -0.39 is 0 Å². The van der Waals surface area contributed by atoms with E-state index in [0.29, 0.717) is 6.61 Å². The van der Waals surface area contributed by atoms with Gasteiger partial charge in [0.1, 0.15) is 23.8 Å². The van der Waals surface area contributed by atoms with Crippen molar-refractivity contribution in [2.24, 2.45) is 11.1 Å². The SMILES string of the molecule is C/C(=C\c1ccccc1)CN1CCN(CC2ON=C3c4ncccc4OCC32)CC1. The fourth-order valence-electron chi connectivity index (χ4n) is 4.50. The van der Waals surface area contributed by atoms with E-state index in [4.69, 9.17) is 9.57 Å². The average Bonchev–Trinajstić information content (AvgIpc) is 3.19. The van der Waals surface area contributed by atoms with Crippen LogP contribution in [0.5, 0.6) is 5.75 Å².